The van der Waals surface area contributed by atoms with E-state index in [1.807, 2.05) is 51.3 Å². The molecule has 0 fully saturated rings. The Morgan fingerprint density at radius 2 is 1.60 bits per heavy atom. The van der Waals surface area contributed by atoms with Crippen molar-refractivity contribution >= 4 is 23.5 Å². The summed E-state index contributed by atoms with van der Waals surface area (Å²) < 4.78 is 1.93. The lowest BCUT2D eigenvalue weighted by atomic mass is 10.2. The second-order valence-electron chi connectivity index (χ2n) is 5.59. The van der Waals surface area contributed by atoms with Crippen LogP contribution in [0.15, 0.2) is 76.4 Å². The fourth-order valence-corrected chi connectivity index (χ4v) is 3.30. The Kier molecular flexibility index (Phi) is 5.33. The minimum absolute atomic E-state index is 0. The quantitative estimate of drug-likeness (QED) is 0.504. The monoisotopic (exact) mass is 418 g/mol. The first kappa shape index (κ1) is 17.8. The van der Waals surface area contributed by atoms with Crippen molar-refractivity contribution < 1.29 is 22.4 Å². The molecule has 2 heterocycles. The molecule has 0 spiro atoms. The smallest absolute Gasteiger partial charge is 0.278 e. The van der Waals surface area contributed by atoms with Gasteiger partial charge in [0.25, 0.3) is 5.84 Å². The van der Waals surface area contributed by atoms with Crippen molar-refractivity contribution in [3.8, 4) is 0 Å². The van der Waals surface area contributed by atoms with Gasteiger partial charge in [-0.25, -0.2) is 0 Å². The summed E-state index contributed by atoms with van der Waals surface area (Å²) in [5.74, 6) is 0.920. The number of rotatable bonds is 3. The van der Waals surface area contributed by atoms with E-state index in [4.69, 9.17) is 5.10 Å². The van der Waals surface area contributed by atoms with Crippen LogP contribution in [0.25, 0.3) is 0 Å². The third-order valence-corrected chi connectivity index (χ3v) is 4.89. The van der Waals surface area contributed by atoms with Crippen LogP contribution in [0.5, 0.6) is 0 Å². The summed E-state index contributed by atoms with van der Waals surface area (Å²) in [6, 6.07) is 20.4. The molecular weight excluding hydrogens is 400 g/mol. The Labute approximate surface area is 162 Å². The number of nitrogens with one attached hydrogen (secondary N) is 1. The Balaban J connectivity index is 0.00000182. The van der Waals surface area contributed by atoms with E-state index in [1.165, 1.54) is 4.91 Å². The summed E-state index contributed by atoms with van der Waals surface area (Å²) in [4.78, 5) is 1.23. The van der Waals surface area contributed by atoms with Crippen LogP contribution < -0.4 is 33.0 Å². The fourth-order valence-electron chi connectivity index (χ4n) is 2.49. The lowest BCUT2D eigenvalue weighted by molar-refractivity contribution is -0.571. The highest BCUT2D eigenvalue weighted by Crippen LogP contribution is 2.31. The maximum absolute atomic E-state index is 4.80. The van der Waals surface area contributed by atoms with Crippen molar-refractivity contribution in [3.05, 3.63) is 76.8 Å². The van der Waals surface area contributed by atoms with Crippen molar-refractivity contribution in [1.29, 1.82) is 0 Å². The van der Waals surface area contributed by atoms with Gasteiger partial charge in [0.15, 0.2) is 0 Å². The van der Waals surface area contributed by atoms with Gasteiger partial charge in [0.1, 0.15) is 5.69 Å². The van der Waals surface area contributed by atoms with Crippen LogP contribution in [0.2, 0.25) is 0 Å². The number of anilines is 1. The highest BCUT2D eigenvalue weighted by Gasteiger charge is 2.37. The Morgan fingerprint density at radius 1 is 0.960 bits per heavy atom. The van der Waals surface area contributed by atoms with Gasteiger partial charge in [-0.3, -0.25) is 5.43 Å². The molecule has 2 aliphatic heterocycles. The van der Waals surface area contributed by atoms with Gasteiger partial charge in [-0.05, 0) is 47.9 Å². The first-order chi connectivity index (χ1) is 11.7. The minimum Gasteiger partial charge on any atom is -1.00 e. The molecule has 130 valence electrons. The summed E-state index contributed by atoms with van der Waals surface area (Å²) >= 11 is 1.63. The van der Waals surface area contributed by atoms with Gasteiger partial charge in [-0.1, -0.05) is 46.6 Å². The average molecular weight is 419 g/mol. The van der Waals surface area contributed by atoms with Crippen LogP contribution in [0.4, 0.5) is 5.69 Å². The normalized spacial score (nSPS) is 17.4. The van der Waals surface area contributed by atoms with E-state index >= 15 is 0 Å². The number of para-hydroxylation sites is 1. The summed E-state index contributed by atoms with van der Waals surface area (Å²) in [7, 11) is 0. The molecule has 25 heavy (non-hydrogen) atoms. The van der Waals surface area contributed by atoms with Crippen LogP contribution >= 0.6 is 11.9 Å². The molecule has 0 bridgehead atoms. The second kappa shape index (κ2) is 7.49. The van der Waals surface area contributed by atoms with E-state index in [1.54, 1.807) is 11.9 Å². The van der Waals surface area contributed by atoms with E-state index in [0.717, 1.165) is 22.8 Å². The molecule has 0 aromatic heterocycles. The molecular formula is C17H19BrN6S. The van der Waals surface area contributed by atoms with E-state index in [9.17, 15) is 0 Å². The average Bonchev–Trinajstić information content (AvgIpc) is 3.21. The number of quaternary nitrogens is 1. The first-order valence-corrected chi connectivity index (χ1v) is 8.55. The third kappa shape index (κ3) is 3.52. The maximum Gasteiger partial charge on any atom is 0.278 e. The molecule has 0 aliphatic carbocycles. The van der Waals surface area contributed by atoms with Gasteiger partial charge in [0.2, 0.25) is 0 Å². The predicted molar refractivity (Wildman–Crippen MR) is 96.6 cm³/mol. The molecule has 2 aromatic carbocycles. The van der Waals surface area contributed by atoms with Gasteiger partial charge < -0.3 is 17.0 Å². The molecule has 8 heteroatoms. The van der Waals surface area contributed by atoms with Crippen molar-refractivity contribution in [2.24, 2.45) is 5.10 Å². The molecule has 0 radical (unpaired) electrons. The summed E-state index contributed by atoms with van der Waals surface area (Å²) in [6.07, 6.45) is 0. The topological polar surface area (TPSA) is 50.7 Å². The molecule has 6 nitrogen and oxygen atoms in total. The molecule has 0 unspecified atom stereocenters. The Morgan fingerprint density at radius 3 is 2.20 bits per heavy atom. The van der Waals surface area contributed by atoms with Crippen LogP contribution in [-0.2, 0) is 0 Å². The number of hydrogen-bond donors (Lipinski definition) is 2. The number of halogens is 1. The van der Waals surface area contributed by atoms with E-state index in [0.29, 0.717) is 0 Å². The summed E-state index contributed by atoms with van der Waals surface area (Å²) in [5.41, 5.74) is 8.68. The molecule has 2 aliphatic rings. The molecule has 3 N–H and O–H groups in total. The number of amidine groups is 1. The second-order valence-corrected chi connectivity index (χ2v) is 6.73. The van der Waals surface area contributed by atoms with Gasteiger partial charge >= 0.3 is 0 Å². The number of hydrazine groups is 3. The number of hydrogen-bond acceptors (Lipinski definition) is 6. The van der Waals surface area contributed by atoms with Gasteiger partial charge in [0.05, 0.1) is 5.56 Å². The zero-order valence-corrected chi connectivity index (χ0v) is 16.3. The van der Waals surface area contributed by atoms with Crippen LogP contribution in [0.1, 0.15) is 19.4 Å². The van der Waals surface area contributed by atoms with Gasteiger partial charge in [-0.15, -0.1) is 0 Å². The minimum atomic E-state index is 0. The largest absolute Gasteiger partial charge is 1.00 e. The molecule has 0 saturated heterocycles. The molecule has 0 saturated carbocycles. The number of benzene rings is 2. The highest BCUT2D eigenvalue weighted by molar-refractivity contribution is 8.00. The molecule has 0 atom stereocenters. The van der Waals surface area contributed by atoms with Crippen LogP contribution in [-0.4, -0.2) is 15.6 Å². The molecule has 4 rings (SSSR count). The summed E-state index contributed by atoms with van der Waals surface area (Å²) in [6.45, 7) is 4.16. The lowest BCUT2D eigenvalue weighted by Gasteiger charge is -2.29. The van der Waals surface area contributed by atoms with E-state index in [-0.39, 0.29) is 17.0 Å². The number of nitrogens with zero attached hydrogens (tertiary/aromatic N) is 4. The highest BCUT2D eigenvalue weighted by atomic mass is 79.9. The van der Waals surface area contributed by atoms with Crippen molar-refractivity contribution in [1.82, 2.24) is 15.2 Å². The number of allylic oxidation sites excluding steroid dienone is 2. The van der Waals surface area contributed by atoms with Gasteiger partial charge in [-0.2, -0.15) is 5.43 Å². The van der Waals surface area contributed by atoms with E-state index in [2.05, 4.69) is 49.0 Å². The fraction of sp³-hybridized carbons (Fsp3) is 0.118. The van der Waals surface area contributed by atoms with Crippen molar-refractivity contribution in [2.45, 2.75) is 13.8 Å². The third-order valence-electron chi connectivity index (χ3n) is 3.90. The zero-order chi connectivity index (χ0) is 16.5. The van der Waals surface area contributed by atoms with Crippen molar-refractivity contribution in [2.75, 3.05) is 5.12 Å². The Bertz CT molecular complexity index is 781. The SMILES string of the molecule is CC1=C(C)SN(N2N=C(c3ccccc3)[NH2+]N2c2ccccc2)N1.[Br-]. The standard InChI is InChI=1S/C17H18N6S.BrH/c1-13-14(2)24-23(18-13)22-20-17(15-9-5-3-6-10-15)19-21(22)16-11-7-4-8-12-16;/h3-12,18H,1-2H3,(H,19,20);1H. The Hall–Kier alpha value is -2.00. The van der Waals surface area contributed by atoms with E-state index < -0.39 is 0 Å². The van der Waals surface area contributed by atoms with Crippen molar-refractivity contribution in [3.63, 3.8) is 0 Å². The lowest BCUT2D eigenvalue weighted by Crippen LogP contribution is -3.00. The van der Waals surface area contributed by atoms with Crippen LogP contribution in [0.3, 0.4) is 0 Å². The van der Waals surface area contributed by atoms with Gasteiger partial charge in [0, 0.05) is 22.6 Å². The zero-order valence-electron chi connectivity index (χ0n) is 13.9. The predicted octanol–water partition coefficient (Wildman–Crippen LogP) is -0.797. The van der Waals surface area contributed by atoms with Crippen LogP contribution in [0, 0.1) is 0 Å². The maximum atomic E-state index is 4.80. The molecule has 2 aromatic rings. The first-order valence-electron chi connectivity index (χ1n) is 7.78. The number of nitrogens with two attached hydrogens (primary N) is 1. The summed E-state index contributed by atoms with van der Waals surface area (Å²) in [5, 5.41) is 8.69. The number of hydrazone groups is 1. The molecule has 0 amide bonds.